The van der Waals surface area contributed by atoms with Crippen LogP contribution in [0.25, 0.3) is 10.8 Å². The van der Waals surface area contributed by atoms with Crippen molar-refractivity contribution in [3.05, 3.63) is 77.9 Å². The Morgan fingerprint density at radius 2 is 1.64 bits per heavy atom. The molecule has 0 amide bonds. The van der Waals surface area contributed by atoms with E-state index in [9.17, 15) is 0 Å². The van der Waals surface area contributed by atoms with Crippen LogP contribution in [0.1, 0.15) is 24.1 Å². The molecule has 3 rings (SSSR count). The second-order valence-electron chi connectivity index (χ2n) is 6.12. The van der Waals surface area contributed by atoms with Crippen LogP contribution in [0.15, 0.2) is 66.7 Å². The first kappa shape index (κ1) is 17.5. The number of hydrogen-bond acceptors (Lipinski definition) is 3. The van der Waals surface area contributed by atoms with Crippen LogP contribution in [0, 0.1) is 0 Å². The van der Waals surface area contributed by atoms with Gasteiger partial charge in [0.15, 0.2) is 0 Å². The number of benzene rings is 3. The standard InChI is InChI=1S/C22H25NO2/c1-17(18-8-4-3-5-9-18)23-16-21-20-11-7-6-10-19(20)12-13-22(21)25-15-14-24-2/h3-13,17,23H,14-16H2,1-2H3. The summed E-state index contributed by atoms with van der Waals surface area (Å²) < 4.78 is 11.1. The molecule has 3 aromatic carbocycles. The predicted molar refractivity (Wildman–Crippen MR) is 103 cm³/mol. The van der Waals surface area contributed by atoms with Crippen LogP contribution >= 0.6 is 0 Å². The van der Waals surface area contributed by atoms with Crippen LogP contribution in [-0.4, -0.2) is 20.3 Å². The highest BCUT2D eigenvalue weighted by Gasteiger charge is 2.11. The zero-order valence-corrected chi connectivity index (χ0v) is 14.9. The van der Waals surface area contributed by atoms with E-state index in [0.717, 1.165) is 12.3 Å². The fourth-order valence-corrected chi connectivity index (χ4v) is 2.98. The highest BCUT2D eigenvalue weighted by molar-refractivity contribution is 5.87. The maximum Gasteiger partial charge on any atom is 0.124 e. The van der Waals surface area contributed by atoms with Gasteiger partial charge in [-0.05, 0) is 29.3 Å². The van der Waals surface area contributed by atoms with Gasteiger partial charge >= 0.3 is 0 Å². The van der Waals surface area contributed by atoms with Crippen LogP contribution in [-0.2, 0) is 11.3 Å². The molecule has 3 nitrogen and oxygen atoms in total. The molecule has 1 unspecified atom stereocenters. The van der Waals surface area contributed by atoms with E-state index < -0.39 is 0 Å². The summed E-state index contributed by atoms with van der Waals surface area (Å²) in [5.41, 5.74) is 2.47. The summed E-state index contributed by atoms with van der Waals surface area (Å²) in [4.78, 5) is 0. The number of ether oxygens (including phenoxy) is 2. The summed E-state index contributed by atoms with van der Waals surface area (Å²) in [7, 11) is 1.69. The van der Waals surface area contributed by atoms with Gasteiger partial charge in [-0.25, -0.2) is 0 Å². The Labute approximate surface area is 149 Å². The fraction of sp³-hybridized carbons (Fsp3) is 0.273. The summed E-state index contributed by atoms with van der Waals surface area (Å²) in [5, 5.41) is 6.08. The average Bonchev–Trinajstić information content (AvgIpc) is 2.67. The Morgan fingerprint density at radius 1 is 0.880 bits per heavy atom. The van der Waals surface area contributed by atoms with Gasteiger partial charge in [0, 0.05) is 25.3 Å². The molecule has 0 heterocycles. The third-order valence-electron chi connectivity index (χ3n) is 4.43. The van der Waals surface area contributed by atoms with Crippen LogP contribution in [0.5, 0.6) is 5.75 Å². The number of rotatable bonds is 8. The molecule has 0 bridgehead atoms. The Morgan fingerprint density at radius 3 is 2.44 bits per heavy atom. The smallest absolute Gasteiger partial charge is 0.124 e. The van der Waals surface area contributed by atoms with Crippen LogP contribution < -0.4 is 10.1 Å². The van der Waals surface area contributed by atoms with Crippen molar-refractivity contribution in [3.63, 3.8) is 0 Å². The van der Waals surface area contributed by atoms with Crippen molar-refractivity contribution < 1.29 is 9.47 Å². The monoisotopic (exact) mass is 335 g/mol. The lowest BCUT2D eigenvalue weighted by Gasteiger charge is -2.18. The molecule has 3 aromatic rings. The van der Waals surface area contributed by atoms with Crippen molar-refractivity contribution in [3.8, 4) is 5.75 Å². The van der Waals surface area contributed by atoms with Crippen molar-refractivity contribution in [1.82, 2.24) is 5.32 Å². The molecular formula is C22H25NO2. The lowest BCUT2D eigenvalue weighted by molar-refractivity contribution is 0.146. The Bertz CT molecular complexity index is 801. The van der Waals surface area contributed by atoms with Gasteiger partial charge in [-0.15, -0.1) is 0 Å². The maximum absolute atomic E-state index is 5.96. The van der Waals surface area contributed by atoms with E-state index in [1.54, 1.807) is 7.11 Å². The van der Waals surface area contributed by atoms with Crippen LogP contribution in [0.4, 0.5) is 0 Å². The molecule has 1 atom stereocenters. The van der Waals surface area contributed by atoms with E-state index in [1.165, 1.54) is 21.9 Å². The second-order valence-corrected chi connectivity index (χ2v) is 6.12. The molecule has 0 saturated heterocycles. The van der Waals surface area contributed by atoms with Crippen molar-refractivity contribution >= 4 is 10.8 Å². The summed E-state index contributed by atoms with van der Waals surface area (Å²) in [5.74, 6) is 0.920. The molecular weight excluding hydrogens is 310 g/mol. The first-order chi connectivity index (χ1) is 12.3. The van der Waals surface area contributed by atoms with Gasteiger partial charge in [-0.3, -0.25) is 0 Å². The normalized spacial score (nSPS) is 12.2. The third kappa shape index (κ3) is 4.38. The minimum atomic E-state index is 0.270. The van der Waals surface area contributed by atoms with Gasteiger partial charge in [0.1, 0.15) is 12.4 Å². The van der Waals surface area contributed by atoms with Crippen molar-refractivity contribution in [2.24, 2.45) is 0 Å². The molecule has 130 valence electrons. The fourth-order valence-electron chi connectivity index (χ4n) is 2.98. The first-order valence-corrected chi connectivity index (χ1v) is 8.70. The molecule has 0 aliphatic carbocycles. The predicted octanol–water partition coefficient (Wildman–Crippen LogP) is 4.72. The number of methoxy groups -OCH3 is 1. The first-order valence-electron chi connectivity index (χ1n) is 8.70. The molecule has 3 heteroatoms. The lowest BCUT2D eigenvalue weighted by Crippen LogP contribution is -2.19. The lowest BCUT2D eigenvalue weighted by atomic mass is 10.0. The molecule has 0 radical (unpaired) electrons. The number of nitrogens with one attached hydrogen (secondary N) is 1. The molecule has 1 N–H and O–H groups in total. The average molecular weight is 335 g/mol. The number of hydrogen-bond donors (Lipinski definition) is 1. The van der Waals surface area contributed by atoms with Gasteiger partial charge in [0.05, 0.1) is 6.61 Å². The second kappa shape index (κ2) is 8.65. The van der Waals surface area contributed by atoms with Gasteiger partial charge in [0.25, 0.3) is 0 Å². The Hall–Kier alpha value is -2.36. The molecule has 25 heavy (non-hydrogen) atoms. The van der Waals surface area contributed by atoms with Gasteiger partial charge in [0.2, 0.25) is 0 Å². The van der Waals surface area contributed by atoms with E-state index in [1.807, 2.05) is 6.07 Å². The maximum atomic E-state index is 5.96. The largest absolute Gasteiger partial charge is 0.491 e. The third-order valence-corrected chi connectivity index (χ3v) is 4.43. The SMILES string of the molecule is COCCOc1ccc2ccccc2c1CNC(C)c1ccccc1. The minimum Gasteiger partial charge on any atom is -0.491 e. The van der Waals surface area contributed by atoms with Gasteiger partial charge < -0.3 is 14.8 Å². The molecule has 0 saturated carbocycles. The Balaban J connectivity index is 1.83. The zero-order valence-electron chi connectivity index (χ0n) is 14.9. The van der Waals surface area contributed by atoms with Crippen LogP contribution in [0.3, 0.4) is 0 Å². The topological polar surface area (TPSA) is 30.5 Å². The quantitative estimate of drug-likeness (QED) is 0.604. The van der Waals surface area contributed by atoms with Gasteiger partial charge in [-0.1, -0.05) is 60.7 Å². The van der Waals surface area contributed by atoms with E-state index >= 15 is 0 Å². The van der Waals surface area contributed by atoms with Crippen molar-refractivity contribution in [2.75, 3.05) is 20.3 Å². The summed E-state index contributed by atoms with van der Waals surface area (Å²) in [6.45, 7) is 4.07. The van der Waals surface area contributed by atoms with Gasteiger partial charge in [-0.2, -0.15) is 0 Å². The summed E-state index contributed by atoms with van der Waals surface area (Å²) >= 11 is 0. The highest BCUT2D eigenvalue weighted by Crippen LogP contribution is 2.29. The van der Waals surface area contributed by atoms with Crippen molar-refractivity contribution in [1.29, 1.82) is 0 Å². The molecule has 0 aliphatic heterocycles. The van der Waals surface area contributed by atoms with Crippen LogP contribution in [0.2, 0.25) is 0 Å². The van der Waals surface area contributed by atoms with E-state index in [2.05, 4.69) is 72.9 Å². The minimum absolute atomic E-state index is 0.270. The summed E-state index contributed by atoms with van der Waals surface area (Å²) in [6, 6.07) is 23.4. The summed E-state index contributed by atoms with van der Waals surface area (Å²) in [6.07, 6.45) is 0. The number of fused-ring (bicyclic) bond motifs is 1. The molecule has 0 fully saturated rings. The highest BCUT2D eigenvalue weighted by atomic mass is 16.5. The molecule has 0 spiro atoms. The molecule has 0 aliphatic rings. The zero-order chi connectivity index (χ0) is 17.5. The molecule has 0 aromatic heterocycles. The Kier molecular flexibility index (Phi) is 6.04. The van der Waals surface area contributed by atoms with E-state index in [4.69, 9.17) is 9.47 Å². The van der Waals surface area contributed by atoms with E-state index in [0.29, 0.717) is 13.2 Å². The van der Waals surface area contributed by atoms with Crippen molar-refractivity contribution in [2.45, 2.75) is 19.5 Å². The van der Waals surface area contributed by atoms with E-state index in [-0.39, 0.29) is 6.04 Å².